The molecule has 4 N–H and O–H groups in total. The number of nitrogens with zero attached hydrogens (tertiary/aromatic N) is 5. The number of likely N-dealkylation sites (tertiary alicyclic amines) is 2. The first-order valence-electron chi connectivity index (χ1n) is 25.7. The molecule has 4 aliphatic heterocycles. The molecule has 0 bridgehead atoms. The first kappa shape index (κ1) is 52.3. The second kappa shape index (κ2) is 22.5. The number of likely N-dealkylation sites (N-methyl/N-ethyl adjacent to an activating group) is 1. The average molecular weight is 1030 g/mol. The van der Waals surface area contributed by atoms with Crippen molar-refractivity contribution in [3.63, 3.8) is 0 Å². The Morgan fingerprint density at radius 1 is 0.932 bits per heavy atom. The van der Waals surface area contributed by atoms with E-state index in [1.807, 2.05) is 55.1 Å². The molecule has 0 spiro atoms. The smallest absolute Gasteiger partial charge is 0.407 e. The summed E-state index contributed by atoms with van der Waals surface area (Å²) in [6.45, 7) is 11.5. The molecule has 3 saturated heterocycles. The number of hydrogen-bond acceptors (Lipinski definition) is 12. The fourth-order valence-corrected chi connectivity index (χ4v) is 12.1. The molecule has 394 valence electrons. The maximum Gasteiger partial charge on any atom is 0.407 e. The summed E-state index contributed by atoms with van der Waals surface area (Å²) in [5.74, 6) is 1.82. The largest absolute Gasteiger partial charge is 0.471 e. The van der Waals surface area contributed by atoms with Gasteiger partial charge in [-0.05, 0) is 132 Å². The number of H-pyrrole nitrogens is 2. The van der Waals surface area contributed by atoms with Crippen LogP contribution in [0.15, 0.2) is 67.3 Å². The molecule has 8 heterocycles. The number of alkyl carbamates (subject to hydrolysis) is 1. The average Bonchev–Trinajstić information content (AvgIpc) is 4.16. The van der Waals surface area contributed by atoms with E-state index in [9.17, 15) is 14.4 Å². The molecular formula is C55H68FN9O8S. The van der Waals surface area contributed by atoms with Crippen molar-refractivity contribution in [1.29, 1.82) is 0 Å². The molecule has 3 amide bonds. The van der Waals surface area contributed by atoms with E-state index in [0.29, 0.717) is 72.7 Å². The molecule has 17 nitrogen and oxygen atoms in total. The molecule has 1 aliphatic carbocycles. The SMILES string of the molecule is CNC(C(=O)N1CCCC1)C(C)C.COC(=O)NC(C(=O)N1CCCC1c1ncc(-c2ccc3c(c2)cc2n3C(c3ccc(C4CC4)s3)Oc3cc(-c4cnc[nH]4)cc(F)c3-2)[nH]1)C1CCOC(C)(C)C1.COC=O. The number of aromatic amines is 2. The van der Waals surface area contributed by atoms with E-state index in [4.69, 9.17) is 24.0 Å². The summed E-state index contributed by atoms with van der Waals surface area (Å²) < 4.78 is 39.8. The highest BCUT2D eigenvalue weighted by Gasteiger charge is 2.43. The van der Waals surface area contributed by atoms with Gasteiger partial charge in [0, 0.05) is 47.6 Å². The summed E-state index contributed by atoms with van der Waals surface area (Å²) in [7, 11) is 4.48. The standard InChI is InChI=1S/C43H44FN7O5S.C10H20N2O.C2H4O2/c1-43(2)19-25(12-14-55-43)38(49-42(53)54-3)40(52)50-13-4-5-32(50)39-46-21-30(48-39)24-8-9-31-27(15-24)17-33-37-28(44)16-26(29-20-45-22-47-29)18-34(37)56-41(51(31)33)36-11-10-35(57-36)23-6-7-23;1-8(2)9(11-3)10(13)12-6-4-5-7-12;1-4-2-3/h8-11,15-18,20-23,25,32,38,41H,4-7,12-14,19H2,1-3H3,(H,45,47)(H,46,48)(H,49,53);8-9,11H,4-7H2,1-3H3;2H,1H3. The first-order chi connectivity index (χ1) is 35.7. The van der Waals surface area contributed by atoms with E-state index in [2.05, 4.69) is 73.0 Å². The maximum atomic E-state index is 16.2. The number of hydrogen-bond donors (Lipinski definition) is 4. The number of imidazole rings is 2. The molecule has 74 heavy (non-hydrogen) atoms. The van der Waals surface area contributed by atoms with Gasteiger partial charge in [0.05, 0.1) is 83.7 Å². The Bertz CT molecular complexity index is 2940. The van der Waals surface area contributed by atoms with E-state index < -0.39 is 24.0 Å². The number of nitrogens with one attached hydrogen (secondary N) is 4. The van der Waals surface area contributed by atoms with Gasteiger partial charge in [0.15, 0.2) is 0 Å². The van der Waals surface area contributed by atoms with Crippen LogP contribution in [0.3, 0.4) is 0 Å². The Labute approximate surface area is 434 Å². The minimum atomic E-state index is -0.742. The number of carbonyl (C=O) groups is 4. The zero-order chi connectivity index (χ0) is 52.3. The molecule has 0 radical (unpaired) electrons. The number of thiophene rings is 1. The van der Waals surface area contributed by atoms with Crippen molar-refractivity contribution in [2.75, 3.05) is 47.5 Å². The molecule has 4 fully saturated rings. The second-order valence-corrected chi connectivity index (χ2v) is 21.8. The van der Waals surface area contributed by atoms with Gasteiger partial charge >= 0.3 is 6.09 Å². The number of aromatic nitrogens is 5. The zero-order valence-corrected chi connectivity index (χ0v) is 44.1. The molecule has 2 aromatic carbocycles. The lowest BCUT2D eigenvalue weighted by molar-refractivity contribution is -0.139. The van der Waals surface area contributed by atoms with Gasteiger partial charge in [0.2, 0.25) is 18.0 Å². The van der Waals surface area contributed by atoms with Crippen LogP contribution in [0.25, 0.3) is 44.7 Å². The van der Waals surface area contributed by atoms with Gasteiger partial charge < -0.3 is 49.3 Å². The monoisotopic (exact) mass is 1030 g/mol. The van der Waals surface area contributed by atoms with Crippen LogP contribution in [0.5, 0.6) is 5.75 Å². The van der Waals surface area contributed by atoms with E-state index >= 15 is 4.39 Å². The predicted octanol–water partition coefficient (Wildman–Crippen LogP) is 9.34. The van der Waals surface area contributed by atoms with E-state index in [1.165, 1.54) is 50.8 Å². The van der Waals surface area contributed by atoms with Gasteiger partial charge in [-0.1, -0.05) is 19.9 Å². The Kier molecular flexibility index (Phi) is 15.9. The summed E-state index contributed by atoms with van der Waals surface area (Å²) in [5, 5.41) is 6.88. The molecule has 6 aromatic rings. The van der Waals surface area contributed by atoms with Crippen LogP contribution < -0.4 is 15.4 Å². The molecule has 5 unspecified atom stereocenters. The van der Waals surface area contributed by atoms with Crippen molar-refractivity contribution in [2.45, 2.75) is 115 Å². The number of ether oxygens (including phenoxy) is 4. The lowest BCUT2D eigenvalue weighted by Gasteiger charge is -2.40. The van der Waals surface area contributed by atoms with E-state index in [1.54, 1.807) is 23.9 Å². The number of methoxy groups -OCH3 is 2. The summed E-state index contributed by atoms with van der Waals surface area (Å²) in [4.78, 5) is 69.4. The highest BCUT2D eigenvalue weighted by atomic mass is 32.1. The number of amides is 3. The Morgan fingerprint density at radius 3 is 2.38 bits per heavy atom. The highest BCUT2D eigenvalue weighted by molar-refractivity contribution is 7.12. The minimum Gasteiger partial charge on any atom is -0.471 e. The number of benzene rings is 2. The summed E-state index contributed by atoms with van der Waals surface area (Å²) >= 11 is 1.77. The third-order valence-corrected chi connectivity index (χ3v) is 16.0. The molecule has 11 rings (SSSR count). The van der Waals surface area contributed by atoms with Gasteiger partial charge in [0.1, 0.15) is 23.4 Å². The zero-order valence-electron chi connectivity index (χ0n) is 43.2. The normalized spacial score (nSPS) is 20.5. The Hall–Kier alpha value is -6.57. The van der Waals surface area contributed by atoms with Gasteiger partial charge in [0.25, 0.3) is 6.47 Å². The number of rotatable bonds is 12. The van der Waals surface area contributed by atoms with Crippen LogP contribution in [0.1, 0.15) is 113 Å². The van der Waals surface area contributed by atoms with Gasteiger partial charge in [-0.25, -0.2) is 19.2 Å². The minimum absolute atomic E-state index is 0.00176. The maximum absolute atomic E-state index is 16.2. The quantitative estimate of drug-likeness (QED) is 0.0853. The summed E-state index contributed by atoms with van der Waals surface area (Å²) in [5.41, 5.74) is 4.79. The van der Waals surface area contributed by atoms with Gasteiger partial charge in [-0.15, -0.1) is 11.3 Å². The molecule has 5 atom stereocenters. The van der Waals surface area contributed by atoms with Crippen molar-refractivity contribution in [3.05, 3.63) is 88.6 Å². The third-order valence-electron chi connectivity index (χ3n) is 14.7. The topological polar surface area (TPSA) is 198 Å². The van der Waals surface area contributed by atoms with Crippen LogP contribution in [-0.4, -0.2) is 124 Å². The first-order valence-corrected chi connectivity index (χ1v) is 26.5. The van der Waals surface area contributed by atoms with Crippen molar-refractivity contribution in [1.82, 2.24) is 44.9 Å². The van der Waals surface area contributed by atoms with Crippen molar-refractivity contribution in [3.8, 4) is 39.5 Å². The van der Waals surface area contributed by atoms with Gasteiger partial charge in [-0.2, -0.15) is 0 Å². The highest BCUT2D eigenvalue weighted by Crippen LogP contribution is 2.50. The number of carbonyl (C=O) groups excluding carboxylic acids is 4. The lowest BCUT2D eigenvalue weighted by Crippen LogP contribution is -2.54. The third kappa shape index (κ3) is 11.1. The molecular weight excluding hydrogens is 966 g/mol. The molecule has 19 heteroatoms. The Morgan fingerprint density at radius 2 is 1.70 bits per heavy atom. The molecule has 4 aromatic heterocycles. The summed E-state index contributed by atoms with van der Waals surface area (Å²) in [6, 6.07) is 15.0. The van der Waals surface area contributed by atoms with Gasteiger partial charge in [-0.3, -0.25) is 19.0 Å². The van der Waals surface area contributed by atoms with Crippen LogP contribution in [-0.2, 0) is 28.6 Å². The molecule has 1 saturated carbocycles. The Balaban J connectivity index is 0.000000339. The second-order valence-electron chi connectivity index (χ2n) is 20.7. The fourth-order valence-electron chi connectivity index (χ4n) is 10.9. The lowest BCUT2D eigenvalue weighted by atomic mass is 9.82. The van der Waals surface area contributed by atoms with Crippen molar-refractivity contribution >= 4 is 46.6 Å². The summed E-state index contributed by atoms with van der Waals surface area (Å²) in [6.07, 6.45) is 11.6. The van der Waals surface area contributed by atoms with Crippen LogP contribution in [0.4, 0.5) is 9.18 Å². The van der Waals surface area contributed by atoms with Crippen LogP contribution >= 0.6 is 11.3 Å². The fraction of sp³-hybridized carbons (Fsp3) is 0.491. The van der Waals surface area contributed by atoms with E-state index in [0.717, 1.165) is 58.7 Å². The van der Waals surface area contributed by atoms with Crippen LogP contribution in [0.2, 0.25) is 0 Å². The predicted molar refractivity (Wildman–Crippen MR) is 280 cm³/mol. The molecule has 5 aliphatic rings. The van der Waals surface area contributed by atoms with Crippen molar-refractivity contribution < 1.29 is 42.5 Å². The van der Waals surface area contributed by atoms with Crippen LogP contribution in [0, 0.1) is 17.7 Å². The van der Waals surface area contributed by atoms with E-state index in [-0.39, 0.29) is 35.6 Å². The number of halogens is 1. The number of fused-ring (bicyclic) bond motifs is 5. The van der Waals surface area contributed by atoms with Crippen molar-refractivity contribution in [2.24, 2.45) is 11.8 Å².